The topological polar surface area (TPSA) is 33.7 Å². The van der Waals surface area contributed by atoms with Crippen LogP contribution in [0.2, 0.25) is 5.02 Å². The molecule has 116 valence electrons. The van der Waals surface area contributed by atoms with Crippen LogP contribution in [-0.2, 0) is 6.54 Å². The summed E-state index contributed by atoms with van der Waals surface area (Å²) in [5.41, 5.74) is 1.20. The summed E-state index contributed by atoms with van der Waals surface area (Å²) >= 11 is 6.33. The molecule has 0 aromatic heterocycles. The van der Waals surface area contributed by atoms with Crippen molar-refractivity contribution in [1.29, 1.82) is 0 Å². The van der Waals surface area contributed by atoms with Crippen LogP contribution in [0.5, 0.6) is 11.5 Å². The van der Waals surface area contributed by atoms with Gasteiger partial charge >= 0.3 is 0 Å². The predicted octanol–water partition coefficient (Wildman–Crippen LogP) is 2.69. The molecule has 0 spiro atoms. The summed E-state index contributed by atoms with van der Waals surface area (Å²) in [7, 11) is 0. The van der Waals surface area contributed by atoms with E-state index < -0.39 is 0 Å². The SMILES string of the molecule is CCCN(Cc1cc(Cl)c2c(c1)OCCO2)C1CCNC1. The number of halogens is 1. The number of hydrogen-bond donors (Lipinski definition) is 1. The number of ether oxygens (including phenoxy) is 2. The molecule has 21 heavy (non-hydrogen) atoms. The van der Waals surface area contributed by atoms with Gasteiger partial charge in [-0.25, -0.2) is 0 Å². The molecule has 0 bridgehead atoms. The highest BCUT2D eigenvalue weighted by atomic mass is 35.5. The number of hydrogen-bond acceptors (Lipinski definition) is 4. The Bertz CT molecular complexity index is 489. The van der Waals surface area contributed by atoms with Crippen LogP contribution < -0.4 is 14.8 Å². The van der Waals surface area contributed by atoms with Gasteiger partial charge in [-0.2, -0.15) is 0 Å². The van der Waals surface area contributed by atoms with Gasteiger partial charge < -0.3 is 14.8 Å². The van der Waals surface area contributed by atoms with Crippen molar-refractivity contribution < 1.29 is 9.47 Å². The summed E-state index contributed by atoms with van der Waals surface area (Å²) in [6, 6.07) is 4.71. The minimum Gasteiger partial charge on any atom is -0.486 e. The van der Waals surface area contributed by atoms with Crippen LogP contribution in [0.4, 0.5) is 0 Å². The van der Waals surface area contributed by atoms with E-state index in [9.17, 15) is 0 Å². The molecule has 3 rings (SSSR count). The van der Waals surface area contributed by atoms with E-state index in [1.807, 2.05) is 6.07 Å². The summed E-state index contributed by atoms with van der Waals surface area (Å²) in [5.74, 6) is 1.47. The Balaban J connectivity index is 1.77. The van der Waals surface area contributed by atoms with Gasteiger partial charge in [0.2, 0.25) is 0 Å². The zero-order chi connectivity index (χ0) is 14.7. The molecular weight excluding hydrogens is 288 g/mol. The second-order valence-electron chi connectivity index (χ2n) is 5.72. The Labute approximate surface area is 131 Å². The van der Waals surface area contributed by atoms with E-state index in [1.54, 1.807) is 0 Å². The van der Waals surface area contributed by atoms with Crippen molar-refractivity contribution in [3.05, 3.63) is 22.7 Å². The van der Waals surface area contributed by atoms with E-state index in [-0.39, 0.29) is 0 Å². The average Bonchev–Trinajstić information content (AvgIpc) is 3.01. The predicted molar refractivity (Wildman–Crippen MR) is 84.4 cm³/mol. The standard InChI is InChI=1S/C16H23ClN2O2/c1-2-5-19(13-3-4-18-10-13)11-12-8-14(17)16-15(9-12)20-6-7-21-16/h8-9,13,18H,2-7,10-11H2,1H3. The second kappa shape index (κ2) is 6.86. The first-order valence-electron chi connectivity index (χ1n) is 7.80. The molecule has 2 aliphatic rings. The maximum Gasteiger partial charge on any atom is 0.179 e. The van der Waals surface area contributed by atoms with Gasteiger partial charge in [-0.15, -0.1) is 0 Å². The quantitative estimate of drug-likeness (QED) is 0.906. The summed E-state index contributed by atoms with van der Waals surface area (Å²) in [4.78, 5) is 2.54. The molecule has 1 saturated heterocycles. The Morgan fingerprint density at radius 2 is 2.19 bits per heavy atom. The van der Waals surface area contributed by atoms with E-state index in [1.165, 1.54) is 12.0 Å². The molecule has 2 aliphatic heterocycles. The smallest absolute Gasteiger partial charge is 0.179 e. The van der Waals surface area contributed by atoms with Crippen molar-refractivity contribution in [2.75, 3.05) is 32.8 Å². The minimum atomic E-state index is 0.571. The number of nitrogens with one attached hydrogen (secondary N) is 1. The van der Waals surface area contributed by atoms with Crippen molar-refractivity contribution in [2.45, 2.75) is 32.4 Å². The second-order valence-corrected chi connectivity index (χ2v) is 6.13. The monoisotopic (exact) mass is 310 g/mol. The van der Waals surface area contributed by atoms with Gasteiger partial charge in [0, 0.05) is 19.1 Å². The van der Waals surface area contributed by atoms with Gasteiger partial charge in [0.1, 0.15) is 13.2 Å². The molecule has 0 radical (unpaired) electrons. The molecule has 1 N–H and O–H groups in total. The number of rotatable bonds is 5. The first kappa shape index (κ1) is 14.9. The Kier molecular flexibility index (Phi) is 4.88. The molecule has 1 atom stereocenters. The number of benzene rings is 1. The van der Waals surface area contributed by atoms with Crippen LogP contribution >= 0.6 is 11.6 Å². The summed E-state index contributed by atoms with van der Waals surface area (Å²) < 4.78 is 11.3. The van der Waals surface area contributed by atoms with Crippen LogP contribution in [0.1, 0.15) is 25.3 Å². The lowest BCUT2D eigenvalue weighted by atomic mass is 10.1. The Morgan fingerprint density at radius 1 is 1.33 bits per heavy atom. The lowest BCUT2D eigenvalue weighted by Gasteiger charge is -2.29. The van der Waals surface area contributed by atoms with Crippen LogP contribution in [0.25, 0.3) is 0 Å². The molecule has 1 aromatic carbocycles. The maximum absolute atomic E-state index is 6.33. The summed E-state index contributed by atoms with van der Waals surface area (Å²) in [5, 5.41) is 4.10. The molecular formula is C16H23ClN2O2. The summed E-state index contributed by atoms with van der Waals surface area (Å²) in [6.07, 6.45) is 2.38. The summed E-state index contributed by atoms with van der Waals surface area (Å²) in [6.45, 7) is 7.62. The van der Waals surface area contributed by atoms with Crippen LogP contribution in [0.3, 0.4) is 0 Å². The van der Waals surface area contributed by atoms with Gasteiger partial charge in [-0.3, -0.25) is 4.90 Å². The van der Waals surface area contributed by atoms with Crippen molar-refractivity contribution >= 4 is 11.6 Å². The highest BCUT2D eigenvalue weighted by Gasteiger charge is 2.23. The molecule has 5 heteroatoms. The third-order valence-electron chi connectivity index (χ3n) is 4.10. The van der Waals surface area contributed by atoms with Crippen molar-refractivity contribution in [2.24, 2.45) is 0 Å². The largest absolute Gasteiger partial charge is 0.486 e. The fraction of sp³-hybridized carbons (Fsp3) is 0.625. The van der Waals surface area contributed by atoms with Gasteiger partial charge in [-0.1, -0.05) is 18.5 Å². The molecule has 0 amide bonds. The van der Waals surface area contributed by atoms with E-state index in [0.717, 1.165) is 38.3 Å². The molecule has 0 aliphatic carbocycles. The van der Waals surface area contributed by atoms with Gasteiger partial charge in [0.05, 0.1) is 5.02 Å². The van der Waals surface area contributed by atoms with E-state index in [2.05, 4.69) is 23.2 Å². The molecule has 1 unspecified atom stereocenters. The minimum absolute atomic E-state index is 0.571. The van der Waals surface area contributed by atoms with E-state index >= 15 is 0 Å². The van der Waals surface area contributed by atoms with Crippen LogP contribution in [0, 0.1) is 0 Å². The molecule has 1 fully saturated rings. The normalized spacial score (nSPS) is 21.0. The zero-order valence-corrected chi connectivity index (χ0v) is 13.3. The lowest BCUT2D eigenvalue weighted by Crippen LogP contribution is -2.36. The van der Waals surface area contributed by atoms with Crippen molar-refractivity contribution in [1.82, 2.24) is 10.2 Å². The van der Waals surface area contributed by atoms with E-state index in [4.69, 9.17) is 21.1 Å². The number of nitrogens with zero attached hydrogens (tertiary/aromatic N) is 1. The van der Waals surface area contributed by atoms with Crippen molar-refractivity contribution in [3.8, 4) is 11.5 Å². The first-order valence-corrected chi connectivity index (χ1v) is 8.18. The molecule has 2 heterocycles. The van der Waals surface area contributed by atoms with Gasteiger partial charge in [-0.05, 0) is 43.6 Å². The third-order valence-corrected chi connectivity index (χ3v) is 4.38. The van der Waals surface area contributed by atoms with Crippen molar-refractivity contribution in [3.63, 3.8) is 0 Å². The average molecular weight is 311 g/mol. The molecule has 1 aromatic rings. The molecule has 0 saturated carbocycles. The van der Waals surface area contributed by atoms with E-state index in [0.29, 0.717) is 30.0 Å². The van der Waals surface area contributed by atoms with Crippen LogP contribution in [0.15, 0.2) is 12.1 Å². The molecule has 4 nitrogen and oxygen atoms in total. The maximum atomic E-state index is 6.33. The van der Waals surface area contributed by atoms with Crippen LogP contribution in [-0.4, -0.2) is 43.8 Å². The zero-order valence-electron chi connectivity index (χ0n) is 12.5. The Hall–Kier alpha value is -0.970. The first-order chi connectivity index (χ1) is 10.3. The fourth-order valence-corrected chi connectivity index (χ4v) is 3.41. The third kappa shape index (κ3) is 3.44. The van der Waals surface area contributed by atoms with Gasteiger partial charge in [0.15, 0.2) is 11.5 Å². The highest BCUT2D eigenvalue weighted by Crippen LogP contribution is 2.38. The number of fused-ring (bicyclic) bond motifs is 1. The lowest BCUT2D eigenvalue weighted by molar-refractivity contribution is 0.170. The highest BCUT2D eigenvalue weighted by molar-refractivity contribution is 6.32. The van der Waals surface area contributed by atoms with Gasteiger partial charge in [0.25, 0.3) is 0 Å². The fourth-order valence-electron chi connectivity index (χ4n) is 3.12. The Morgan fingerprint density at radius 3 is 2.95 bits per heavy atom.